The van der Waals surface area contributed by atoms with Crippen molar-refractivity contribution in [2.24, 2.45) is 0 Å². The van der Waals surface area contributed by atoms with E-state index in [0.717, 1.165) is 11.1 Å². The Balaban J connectivity index is 1.69. The Morgan fingerprint density at radius 2 is 1.83 bits per heavy atom. The Morgan fingerprint density at radius 3 is 2.52 bits per heavy atom. The van der Waals surface area contributed by atoms with Gasteiger partial charge in [-0.25, -0.2) is 0 Å². The molecule has 146 valence electrons. The van der Waals surface area contributed by atoms with E-state index >= 15 is 0 Å². The average Bonchev–Trinajstić information content (AvgIpc) is 2.75. The number of nitrogens with zero attached hydrogens (tertiary/aromatic N) is 1. The molecule has 6 heteroatoms. The Hall–Kier alpha value is -3.93. The SMILES string of the molecule is COc1ccc(NC(=O)c2ccc(C)c(NC(=O)/C=C/c3cccnc3)c2)cc1. The summed E-state index contributed by atoms with van der Waals surface area (Å²) in [5.41, 5.74) is 3.36. The van der Waals surface area contributed by atoms with E-state index in [-0.39, 0.29) is 11.8 Å². The van der Waals surface area contributed by atoms with Crippen molar-refractivity contribution in [2.45, 2.75) is 6.92 Å². The lowest BCUT2D eigenvalue weighted by atomic mass is 10.1. The van der Waals surface area contributed by atoms with Crippen LogP contribution in [0.4, 0.5) is 11.4 Å². The number of rotatable bonds is 6. The fourth-order valence-electron chi connectivity index (χ4n) is 2.60. The summed E-state index contributed by atoms with van der Waals surface area (Å²) in [5.74, 6) is 0.156. The second kappa shape index (κ2) is 9.32. The van der Waals surface area contributed by atoms with Crippen molar-refractivity contribution >= 4 is 29.3 Å². The molecule has 1 aromatic heterocycles. The van der Waals surface area contributed by atoms with Gasteiger partial charge in [0.1, 0.15) is 5.75 Å². The Labute approximate surface area is 169 Å². The number of amides is 2. The van der Waals surface area contributed by atoms with Crippen molar-refractivity contribution in [1.29, 1.82) is 0 Å². The number of carbonyl (C=O) groups excluding carboxylic acids is 2. The summed E-state index contributed by atoms with van der Waals surface area (Å²) in [5, 5.41) is 5.64. The fourth-order valence-corrected chi connectivity index (χ4v) is 2.60. The number of benzene rings is 2. The van der Waals surface area contributed by atoms with Crippen molar-refractivity contribution in [1.82, 2.24) is 4.98 Å². The van der Waals surface area contributed by atoms with Crippen LogP contribution in [0.25, 0.3) is 6.08 Å². The van der Waals surface area contributed by atoms with E-state index < -0.39 is 0 Å². The van der Waals surface area contributed by atoms with Gasteiger partial charge in [-0.1, -0.05) is 12.1 Å². The fraction of sp³-hybridized carbons (Fsp3) is 0.0870. The Bertz CT molecular complexity index is 1030. The van der Waals surface area contributed by atoms with Crippen LogP contribution in [0, 0.1) is 6.92 Å². The summed E-state index contributed by atoms with van der Waals surface area (Å²) in [4.78, 5) is 28.8. The van der Waals surface area contributed by atoms with Gasteiger partial charge in [-0.3, -0.25) is 14.6 Å². The van der Waals surface area contributed by atoms with Crippen molar-refractivity contribution in [3.63, 3.8) is 0 Å². The Morgan fingerprint density at radius 1 is 1.03 bits per heavy atom. The van der Waals surface area contributed by atoms with Crippen molar-refractivity contribution in [3.05, 3.63) is 89.8 Å². The first-order valence-electron chi connectivity index (χ1n) is 9.00. The molecule has 0 saturated heterocycles. The molecule has 0 atom stereocenters. The van der Waals surface area contributed by atoms with Crippen molar-refractivity contribution < 1.29 is 14.3 Å². The normalized spacial score (nSPS) is 10.6. The van der Waals surface area contributed by atoms with Crippen LogP contribution in [-0.2, 0) is 4.79 Å². The number of carbonyl (C=O) groups is 2. The largest absolute Gasteiger partial charge is 0.497 e. The van der Waals surface area contributed by atoms with Crippen LogP contribution in [0.2, 0.25) is 0 Å². The standard InChI is InChI=1S/C23H21N3O3/c1-16-5-7-18(23(28)25-19-8-10-20(29-2)11-9-19)14-21(16)26-22(27)12-6-17-4-3-13-24-15-17/h3-15H,1-2H3,(H,25,28)(H,26,27)/b12-6+. The van der Waals surface area contributed by atoms with E-state index in [0.29, 0.717) is 22.7 Å². The summed E-state index contributed by atoms with van der Waals surface area (Å²) < 4.78 is 5.11. The van der Waals surface area contributed by atoms with E-state index in [1.54, 1.807) is 74.1 Å². The maximum atomic E-state index is 12.6. The quantitative estimate of drug-likeness (QED) is 0.618. The molecule has 0 bridgehead atoms. The predicted octanol–water partition coefficient (Wildman–Crippen LogP) is 4.30. The van der Waals surface area contributed by atoms with Gasteiger partial charge < -0.3 is 15.4 Å². The number of pyridine rings is 1. The second-order valence-electron chi connectivity index (χ2n) is 6.32. The third-order valence-electron chi connectivity index (χ3n) is 4.22. The molecule has 0 unspecified atom stereocenters. The molecule has 6 nitrogen and oxygen atoms in total. The monoisotopic (exact) mass is 387 g/mol. The van der Waals surface area contributed by atoms with Crippen LogP contribution in [-0.4, -0.2) is 23.9 Å². The predicted molar refractivity (Wildman–Crippen MR) is 114 cm³/mol. The van der Waals surface area contributed by atoms with Gasteiger partial charge in [0.15, 0.2) is 0 Å². The highest BCUT2D eigenvalue weighted by atomic mass is 16.5. The highest BCUT2D eigenvalue weighted by Gasteiger charge is 2.10. The number of aryl methyl sites for hydroxylation is 1. The minimum atomic E-state index is -0.287. The summed E-state index contributed by atoms with van der Waals surface area (Å²) >= 11 is 0. The first kappa shape index (κ1) is 19.8. The molecule has 3 aromatic rings. The Kier molecular flexibility index (Phi) is 6.37. The van der Waals surface area contributed by atoms with Gasteiger partial charge in [0.2, 0.25) is 5.91 Å². The molecular weight excluding hydrogens is 366 g/mol. The zero-order valence-corrected chi connectivity index (χ0v) is 16.2. The molecule has 29 heavy (non-hydrogen) atoms. The molecule has 2 amide bonds. The van der Waals surface area contributed by atoms with Crippen LogP contribution in [0.5, 0.6) is 5.75 Å². The average molecular weight is 387 g/mol. The topological polar surface area (TPSA) is 80.3 Å². The number of hydrogen-bond acceptors (Lipinski definition) is 4. The highest BCUT2D eigenvalue weighted by Crippen LogP contribution is 2.20. The van der Waals surface area contributed by atoms with E-state index in [4.69, 9.17) is 4.74 Å². The van der Waals surface area contributed by atoms with Crippen molar-refractivity contribution in [2.75, 3.05) is 17.7 Å². The molecule has 2 N–H and O–H groups in total. The van der Waals surface area contributed by atoms with Crippen LogP contribution < -0.4 is 15.4 Å². The summed E-state index contributed by atoms with van der Waals surface area (Å²) in [7, 11) is 1.58. The number of methoxy groups -OCH3 is 1. The van der Waals surface area contributed by atoms with Crippen LogP contribution in [0.3, 0.4) is 0 Å². The smallest absolute Gasteiger partial charge is 0.255 e. The summed E-state index contributed by atoms with van der Waals surface area (Å²) in [6.45, 7) is 1.87. The minimum Gasteiger partial charge on any atom is -0.497 e. The number of ether oxygens (including phenoxy) is 1. The number of aromatic nitrogens is 1. The third kappa shape index (κ3) is 5.52. The summed E-state index contributed by atoms with van der Waals surface area (Å²) in [6.07, 6.45) is 6.45. The van der Waals surface area contributed by atoms with Crippen molar-refractivity contribution in [3.8, 4) is 5.75 Å². The zero-order valence-electron chi connectivity index (χ0n) is 16.2. The molecule has 0 fully saturated rings. The van der Waals surface area contributed by atoms with Gasteiger partial charge in [0.05, 0.1) is 7.11 Å². The zero-order chi connectivity index (χ0) is 20.6. The molecule has 0 radical (unpaired) electrons. The van der Waals surface area contributed by atoms with Crippen LogP contribution >= 0.6 is 0 Å². The maximum Gasteiger partial charge on any atom is 0.255 e. The number of hydrogen-bond donors (Lipinski definition) is 2. The molecule has 1 heterocycles. The number of anilines is 2. The van der Waals surface area contributed by atoms with Crippen LogP contribution in [0.1, 0.15) is 21.5 Å². The molecule has 0 spiro atoms. The van der Waals surface area contributed by atoms with Crippen LogP contribution in [0.15, 0.2) is 73.1 Å². The highest BCUT2D eigenvalue weighted by molar-refractivity contribution is 6.07. The van der Waals surface area contributed by atoms with Gasteiger partial charge >= 0.3 is 0 Å². The molecule has 2 aromatic carbocycles. The van der Waals surface area contributed by atoms with Gasteiger partial charge in [-0.05, 0) is 66.6 Å². The van der Waals surface area contributed by atoms with E-state index in [9.17, 15) is 9.59 Å². The van der Waals surface area contributed by atoms with E-state index in [2.05, 4.69) is 15.6 Å². The number of nitrogens with one attached hydrogen (secondary N) is 2. The lowest BCUT2D eigenvalue weighted by Crippen LogP contribution is -2.14. The molecule has 0 aliphatic rings. The van der Waals surface area contributed by atoms with E-state index in [1.807, 2.05) is 13.0 Å². The second-order valence-corrected chi connectivity index (χ2v) is 6.32. The lowest BCUT2D eigenvalue weighted by Gasteiger charge is -2.10. The molecule has 0 aliphatic heterocycles. The lowest BCUT2D eigenvalue weighted by molar-refractivity contribution is -0.111. The first-order valence-corrected chi connectivity index (χ1v) is 9.00. The van der Waals surface area contributed by atoms with Gasteiger partial charge in [0.25, 0.3) is 5.91 Å². The molecule has 3 rings (SSSR count). The third-order valence-corrected chi connectivity index (χ3v) is 4.22. The maximum absolute atomic E-state index is 12.6. The minimum absolute atomic E-state index is 0.267. The van der Waals surface area contributed by atoms with Gasteiger partial charge in [0, 0.05) is 35.4 Å². The molecular formula is C23H21N3O3. The van der Waals surface area contributed by atoms with E-state index in [1.165, 1.54) is 6.08 Å². The summed E-state index contributed by atoms with van der Waals surface area (Å²) in [6, 6.07) is 15.9. The first-order chi connectivity index (χ1) is 14.0. The molecule has 0 aliphatic carbocycles. The van der Waals surface area contributed by atoms with Gasteiger partial charge in [-0.15, -0.1) is 0 Å². The molecule has 0 saturated carbocycles. The van der Waals surface area contributed by atoms with Gasteiger partial charge in [-0.2, -0.15) is 0 Å².